The molecule has 0 aromatic heterocycles. The van der Waals surface area contributed by atoms with Crippen LogP contribution in [0, 0.1) is 5.92 Å². The number of amides is 2. The van der Waals surface area contributed by atoms with Gasteiger partial charge in [-0.25, -0.2) is 4.79 Å². The van der Waals surface area contributed by atoms with Gasteiger partial charge < -0.3 is 10.4 Å². The number of fused-ring (bicyclic) bond motifs is 1. The predicted molar refractivity (Wildman–Crippen MR) is 80.9 cm³/mol. The average molecular weight is 343 g/mol. The molecule has 2 heterocycles. The van der Waals surface area contributed by atoms with E-state index in [2.05, 4.69) is 5.32 Å². The van der Waals surface area contributed by atoms with Crippen LogP contribution in [-0.4, -0.2) is 62.5 Å². The highest BCUT2D eigenvalue weighted by atomic mass is 32.2. The van der Waals surface area contributed by atoms with Crippen molar-refractivity contribution in [3.8, 4) is 0 Å². The lowest BCUT2D eigenvalue weighted by Gasteiger charge is -2.22. The molecule has 0 saturated carbocycles. The third-order valence-electron chi connectivity index (χ3n) is 4.22. The maximum atomic E-state index is 11.8. The third kappa shape index (κ3) is 4.03. The number of hydrogen-bond acceptors (Lipinski definition) is 6. The van der Waals surface area contributed by atoms with Gasteiger partial charge in [0.05, 0.1) is 12.1 Å². The number of nitrogens with zero attached hydrogens (tertiary/aromatic N) is 1. The zero-order chi connectivity index (χ0) is 17.0. The van der Waals surface area contributed by atoms with Crippen LogP contribution >= 0.6 is 11.8 Å². The van der Waals surface area contributed by atoms with Crippen LogP contribution in [0.1, 0.15) is 32.1 Å². The largest absolute Gasteiger partial charge is 0.481 e. The molecule has 0 bridgehead atoms. The zero-order valence-electron chi connectivity index (χ0n) is 12.4. The lowest BCUT2D eigenvalue weighted by molar-refractivity contribution is -0.146. The second kappa shape index (κ2) is 7.78. The number of carboxylic acid groups (broad SMARTS) is 1. The first-order valence-electron chi connectivity index (χ1n) is 7.46. The number of carbonyl (C=O) groups excluding carboxylic acids is 3. The van der Waals surface area contributed by atoms with Crippen molar-refractivity contribution in [3.63, 3.8) is 0 Å². The van der Waals surface area contributed by atoms with Gasteiger partial charge in [-0.2, -0.15) is 16.8 Å². The topological polar surface area (TPSA) is 124 Å². The number of hydroxylamine groups is 2. The smallest absolute Gasteiger partial charge is 0.341 e. The van der Waals surface area contributed by atoms with Crippen LogP contribution in [0.5, 0.6) is 0 Å². The molecule has 2 aliphatic heterocycles. The number of carbonyl (C=O) groups is 3. The summed E-state index contributed by atoms with van der Waals surface area (Å²) in [6, 6.07) is -0.910. The van der Waals surface area contributed by atoms with E-state index in [1.54, 1.807) is 18.0 Å². The first kappa shape index (κ1) is 17.7. The summed E-state index contributed by atoms with van der Waals surface area (Å²) in [7, 11) is 0. The van der Waals surface area contributed by atoms with E-state index in [0.29, 0.717) is 18.6 Å². The summed E-state index contributed by atoms with van der Waals surface area (Å²) in [5.74, 6) is -2.05. The summed E-state index contributed by atoms with van der Waals surface area (Å²) in [5.41, 5.74) is 0. The number of ketones is 1. The molecule has 0 aromatic carbocycles. The molecule has 8 nitrogen and oxygen atoms in total. The van der Waals surface area contributed by atoms with Crippen LogP contribution in [-0.2, 0) is 14.4 Å². The van der Waals surface area contributed by atoms with Gasteiger partial charge in [0.15, 0.2) is 6.29 Å². The van der Waals surface area contributed by atoms with E-state index in [0.717, 1.165) is 5.06 Å². The average Bonchev–Trinajstić information content (AvgIpc) is 3.02. The molecule has 2 saturated heterocycles. The van der Waals surface area contributed by atoms with Gasteiger partial charge >= 0.3 is 12.0 Å². The number of urea groups is 1. The number of thioether (sulfide) groups is 1. The lowest BCUT2D eigenvalue weighted by Crippen LogP contribution is -2.38. The maximum absolute atomic E-state index is 11.8. The monoisotopic (exact) mass is 343 g/mol. The number of carboxylic acids is 1. The lowest BCUT2D eigenvalue weighted by atomic mass is 9.93. The van der Waals surface area contributed by atoms with Gasteiger partial charge in [-0.1, -0.05) is 6.42 Å². The standard InChI is InChI=1S/C14H19N2O6S/c17-6-2-4-10(18)8(13(19)20)3-1-5-11-12-9(7-23-11)15-14(21)16(12)22/h8-9,11-12,22H,1-5,7H2,(H,15,21)(H,19,20)/t8?,9-,11-,12-/m0/s1. The summed E-state index contributed by atoms with van der Waals surface area (Å²) in [6.45, 7) is 0. The van der Waals surface area contributed by atoms with Crippen molar-refractivity contribution in [1.29, 1.82) is 0 Å². The first-order valence-corrected chi connectivity index (χ1v) is 8.51. The molecule has 3 N–H and O–H groups in total. The van der Waals surface area contributed by atoms with E-state index in [4.69, 9.17) is 5.11 Å². The van der Waals surface area contributed by atoms with Crippen molar-refractivity contribution < 1.29 is 29.5 Å². The minimum atomic E-state index is -1.18. The minimum Gasteiger partial charge on any atom is -0.481 e. The van der Waals surface area contributed by atoms with E-state index in [-0.39, 0.29) is 36.6 Å². The Morgan fingerprint density at radius 1 is 1.48 bits per heavy atom. The molecule has 1 radical (unpaired) electrons. The minimum absolute atomic E-state index is 0.0109. The Labute approximate surface area is 137 Å². The fourth-order valence-electron chi connectivity index (χ4n) is 3.05. The van der Waals surface area contributed by atoms with Gasteiger partial charge in [0, 0.05) is 23.8 Å². The summed E-state index contributed by atoms with van der Waals surface area (Å²) in [6.07, 6.45) is 2.69. The molecule has 0 aliphatic carbocycles. The fourth-order valence-corrected chi connectivity index (χ4v) is 4.62. The number of nitrogens with one attached hydrogen (secondary N) is 1. The van der Waals surface area contributed by atoms with Crippen LogP contribution in [0.25, 0.3) is 0 Å². The van der Waals surface area contributed by atoms with Crippen molar-refractivity contribution in [1.82, 2.24) is 10.4 Å². The van der Waals surface area contributed by atoms with Gasteiger partial charge in [-0.05, 0) is 12.8 Å². The number of rotatable bonds is 9. The van der Waals surface area contributed by atoms with Gasteiger partial charge in [0.1, 0.15) is 11.7 Å². The Hall–Kier alpha value is -1.61. The van der Waals surface area contributed by atoms with Gasteiger partial charge in [-0.15, -0.1) is 0 Å². The van der Waals surface area contributed by atoms with Crippen LogP contribution in [0.4, 0.5) is 4.79 Å². The van der Waals surface area contributed by atoms with E-state index >= 15 is 0 Å². The Balaban J connectivity index is 1.83. The quantitative estimate of drug-likeness (QED) is 0.318. The van der Waals surface area contributed by atoms with E-state index in [1.807, 2.05) is 0 Å². The van der Waals surface area contributed by atoms with Crippen molar-refractivity contribution in [3.05, 3.63) is 0 Å². The molecule has 0 aromatic rings. The van der Waals surface area contributed by atoms with Gasteiger partial charge in [0.25, 0.3) is 0 Å². The van der Waals surface area contributed by atoms with Crippen LogP contribution < -0.4 is 5.32 Å². The van der Waals surface area contributed by atoms with E-state index < -0.39 is 23.7 Å². The predicted octanol–water partition coefficient (Wildman–Crippen LogP) is 0.583. The Morgan fingerprint density at radius 2 is 2.22 bits per heavy atom. The highest BCUT2D eigenvalue weighted by Crippen LogP contribution is 2.36. The Kier molecular flexibility index (Phi) is 6.00. The Bertz CT molecular complexity index is 500. The highest BCUT2D eigenvalue weighted by Gasteiger charge is 2.48. The highest BCUT2D eigenvalue weighted by molar-refractivity contribution is 8.00. The normalized spacial score (nSPS) is 27.4. The molecule has 1 unspecified atom stereocenters. The molecule has 2 amide bonds. The number of Topliss-reactive ketones (excluding diaryl/α,β-unsaturated/α-hetero) is 1. The van der Waals surface area contributed by atoms with Crippen LogP contribution in [0.2, 0.25) is 0 Å². The second-order valence-corrected chi connectivity index (χ2v) is 6.97. The third-order valence-corrected chi connectivity index (χ3v) is 5.72. The number of hydrogen-bond donors (Lipinski definition) is 3. The van der Waals surface area contributed by atoms with E-state index in [9.17, 15) is 24.4 Å². The molecule has 4 atom stereocenters. The molecule has 9 heteroatoms. The molecule has 127 valence electrons. The van der Waals surface area contributed by atoms with Crippen molar-refractivity contribution >= 4 is 35.8 Å². The zero-order valence-corrected chi connectivity index (χ0v) is 13.3. The van der Waals surface area contributed by atoms with Crippen molar-refractivity contribution in [2.24, 2.45) is 5.92 Å². The second-order valence-electron chi connectivity index (χ2n) is 5.70. The van der Waals surface area contributed by atoms with Crippen LogP contribution in [0.15, 0.2) is 0 Å². The molecular weight excluding hydrogens is 324 g/mol. The fraction of sp³-hybridized carbons (Fsp3) is 0.714. The summed E-state index contributed by atoms with van der Waals surface area (Å²) in [4.78, 5) is 44.5. The SMILES string of the molecule is O=[C]CCC(=O)C(CCC[C@@H]1SC[C@@H]2NC(=O)N(O)[C@@H]21)C(=O)O. The summed E-state index contributed by atoms with van der Waals surface area (Å²) < 4.78 is 0. The molecule has 2 rings (SSSR count). The molecule has 2 aliphatic rings. The van der Waals surface area contributed by atoms with Gasteiger partial charge in [0.2, 0.25) is 0 Å². The molecule has 0 spiro atoms. The van der Waals surface area contributed by atoms with Crippen molar-refractivity contribution in [2.45, 2.75) is 49.4 Å². The van der Waals surface area contributed by atoms with E-state index in [1.165, 1.54) is 0 Å². The molecule has 23 heavy (non-hydrogen) atoms. The van der Waals surface area contributed by atoms with Crippen molar-refractivity contribution in [2.75, 3.05) is 5.75 Å². The van der Waals surface area contributed by atoms with Gasteiger partial charge in [-0.3, -0.25) is 19.6 Å². The summed E-state index contributed by atoms with van der Waals surface area (Å²) in [5, 5.41) is 22.3. The number of aliphatic carboxylic acids is 1. The molecule has 2 fully saturated rings. The molecular formula is C14H19N2O6S. The maximum Gasteiger partial charge on any atom is 0.341 e. The van der Waals surface area contributed by atoms with Crippen LogP contribution in [0.3, 0.4) is 0 Å². The Morgan fingerprint density at radius 3 is 2.87 bits per heavy atom. The first-order chi connectivity index (χ1) is 11.0. The summed E-state index contributed by atoms with van der Waals surface area (Å²) >= 11 is 1.62.